The van der Waals surface area contributed by atoms with Crippen molar-refractivity contribution in [2.24, 2.45) is 0 Å². The Kier molecular flexibility index (Phi) is 4.27. The van der Waals surface area contributed by atoms with Crippen molar-refractivity contribution in [2.75, 3.05) is 0 Å². The average Bonchev–Trinajstić information content (AvgIpc) is 3.02. The summed E-state index contributed by atoms with van der Waals surface area (Å²) < 4.78 is 6.95. The Hall–Kier alpha value is -2.83. The minimum Gasteiger partial charge on any atom is -0.461 e. The predicted molar refractivity (Wildman–Crippen MR) is 82.6 cm³/mol. The van der Waals surface area contributed by atoms with Crippen LogP contribution >= 0.6 is 0 Å². The number of aromatic nitrogens is 5. The molecule has 0 saturated carbocycles. The molecule has 23 heavy (non-hydrogen) atoms. The Morgan fingerprint density at radius 1 is 1.35 bits per heavy atom. The lowest BCUT2D eigenvalue weighted by Gasteiger charge is -2.10. The lowest BCUT2D eigenvalue weighted by Crippen LogP contribution is -2.10. The van der Waals surface area contributed by atoms with Gasteiger partial charge in [-0.05, 0) is 31.9 Å². The highest BCUT2D eigenvalue weighted by Gasteiger charge is 2.13. The van der Waals surface area contributed by atoms with E-state index in [9.17, 15) is 4.79 Å². The van der Waals surface area contributed by atoms with Crippen LogP contribution in [0, 0.1) is 13.8 Å². The summed E-state index contributed by atoms with van der Waals surface area (Å²) in [4.78, 5) is 24.4. The number of fused-ring (bicyclic) bond motifs is 1. The van der Waals surface area contributed by atoms with Crippen molar-refractivity contribution in [3.05, 3.63) is 53.4 Å². The fourth-order valence-electron chi connectivity index (χ4n) is 2.46. The summed E-state index contributed by atoms with van der Waals surface area (Å²) in [7, 11) is 0. The number of carbonyl (C=O) groups is 1. The van der Waals surface area contributed by atoms with E-state index in [0.717, 1.165) is 22.5 Å². The molecule has 0 aliphatic rings. The van der Waals surface area contributed by atoms with Crippen LogP contribution in [0.3, 0.4) is 0 Å². The van der Waals surface area contributed by atoms with E-state index in [2.05, 4.69) is 20.1 Å². The van der Waals surface area contributed by atoms with Gasteiger partial charge in [0.1, 0.15) is 12.9 Å². The van der Waals surface area contributed by atoms with Crippen LogP contribution in [0.4, 0.5) is 0 Å². The molecular formula is C16H17N5O2. The number of rotatable bonds is 5. The van der Waals surface area contributed by atoms with Gasteiger partial charge in [-0.25, -0.2) is 9.50 Å². The summed E-state index contributed by atoms with van der Waals surface area (Å²) in [6.07, 6.45) is 5.70. The molecule has 7 nitrogen and oxygen atoms in total. The summed E-state index contributed by atoms with van der Waals surface area (Å²) >= 11 is 0. The Balaban J connectivity index is 1.63. The maximum atomic E-state index is 11.9. The normalized spacial score (nSPS) is 10.9. The predicted octanol–water partition coefficient (Wildman–Crippen LogP) is 1.81. The van der Waals surface area contributed by atoms with E-state index < -0.39 is 0 Å². The van der Waals surface area contributed by atoms with Crippen molar-refractivity contribution >= 4 is 11.7 Å². The summed E-state index contributed by atoms with van der Waals surface area (Å²) in [5, 5.41) is 4.14. The molecule has 0 saturated heterocycles. The zero-order valence-electron chi connectivity index (χ0n) is 13.1. The van der Waals surface area contributed by atoms with E-state index in [1.165, 1.54) is 6.33 Å². The number of aryl methyl sites for hydroxylation is 2. The quantitative estimate of drug-likeness (QED) is 0.668. The average molecular weight is 311 g/mol. The van der Waals surface area contributed by atoms with E-state index in [1.54, 1.807) is 16.9 Å². The number of ether oxygens (including phenoxy) is 1. The lowest BCUT2D eigenvalue weighted by molar-refractivity contribution is -0.144. The molecule has 0 aliphatic carbocycles. The van der Waals surface area contributed by atoms with Gasteiger partial charge in [-0.3, -0.25) is 9.78 Å². The lowest BCUT2D eigenvalue weighted by atomic mass is 10.1. The van der Waals surface area contributed by atoms with E-state index >= 15 is 0 Å². The van der Waals surface area contributed by atoms with Crippen molar-refractivity contribution < 1.29 is 9.53 Å². The van der Waals surface area contributed by atoms with Crippen LogP contribution in [0.25, 0.3) is 5.78 Å². The standard InChI is InChI=1S/C16H17N5O2/c1-11-14(12(2)21-16(20-11)18-10-19-21)5-6-15(22)23-9-13-4-3-7-17-8-13/h3-4,7-8,10H,5-6,9H2,1-2H3. The number of hydrogen-bond acceptors (Lipinski definition) is 6. The van der Waals surface area contributed by atoms with Crippen LogP contribution in [0.1, 0.15) is 28.9 Å². The summed E-state index contributed by atoms with van der Waals surface area (Å²) in [5.41, 5.74) is 3.69. The van der Waals surface area contributed by atoms with Gasteiger partial charge in [0, 0.05) is 35.8 Å². The van der Waals surface area contributed by atoms with Crippen LogP contribution in [0.2, 0.25) is 0 Å². The fraction of sp³-hybridized carbons (Fsp3) is 0.312. The molecule has 0 radical (unpaired) electrons. The van der Waals surface area contributed by atoms with Gasteiger partial charge < -0.3 is 4.74 Å². The number of carbonyl (C=O) groups excluding carboxylic acids is 1. The van der Waals surface area contributed by atoms with Crippen molar-refractivity contribution in [2.45, 2.75) is 33.3 Å². The first-order valence-electron chi connectivity index (χ1n) is 7.35. The highest BCUT2D eigenvalue weighted by atomic mass is 16.5. The van der Waals surface area contributed by atoms with Gasteiger partial charge in [-0.1, -0.05) is 6.07 Å². The number of esters is 1. The zero-order chi connectivity index (χ0) is 16.2. The third kappa shape index (κ3) is 3.33. The Bertz CT molecular complexity index is 829. The number of hydrogen-bond donors (Lipinski definition) is 0. The molecule has 0 bridgehead atoms. The molecule has 0 spiro atoms. The molecular weight excluding hydrogens is 294 g/mol. The van der Waals surface area contributed by atoms with Crippen LogP contribution in [-0.2, 0) is 22.6 Å². The Labute approximate surface area is 133 Å². The Morgan fingerprint density at radius 2 is 2.22 bits per heavy atom. The molecule has 3 rings (SSSR count). The van der Waals surface area contributed by atoms with Crippen LogP contribution in [0.15, 0.2) is 30.9 Å². The maximum absolute atomic E-state index is 11.9. The highest BCUT2D eigenvalue weighted by Crippen LogP contribution is 2.15. The van der Waals surface area contributed by atoms with Crippen molar-refractivity contribution in [3.8, 4) is 0 Å². The zero-order valence-corrected chi connectivity index (χ0v) is 13.1. The molecule has 3 heterocycles. The first-order valence-corrected chi connectivity index (χ1v) is 7.35. The molecule has 3 aromatic heterocycles. The monoisotopic (exact) mass is 311 g/mol. The topological polar surface area (TPSA) is 82.3 Å². The van der Waals surface area contributed by atoms with E-state index in [1.807, 2.05) is 26.0 Å². The highest BCUT2D eigenvalue weighted by molar-refractivity contribution is 5.69. The molecule has 7 heteroatoms. The first kappa shape index (κ1) is 15.1. The van der Waals surface area contributed by atoms with Crippen molar-refractivity contribution in [1.82, 2.24) is 24.6 Å². The van der Waals surface area contributed by atoms with Gasteiger partial charge in [-0.15, -0.1) is 0 Å². The molecule has 3 aromatic rings. The molecule has 0 unspecified atom stereocenters. The minimum atomic E-state index is -0.244. The minimum absolute atomic E-state index is 0.241. The summed E-state index contributed by atoms with van der Waals surface area (Å²) in [6, 6.07) is 3.69. The van der Waals surface area contributed by atoms with Crippen LogP contribution < -0.4 is 0 Å². The van der Waals surface area contributed by atoms with Gasteiger partial charge in [0.2, 0.25) is 0 Å². The van der Waals surface area contributed by atoms with Gasteiger partial charge in [0.15, 0.2) is 0 Å². The molecule has 0 aromatic carbocycles. The summed E-state index contributed by atoms with van der Waals surface area (Å²) in [5.74, 6) is 0.328. The third-order valence-electron chi connectivity index (χ3n) is 3.69. The van der Waals surface area contributed by atoms with Gasteiger partial charge >= 0.3 is 5.97 Å². The second kappa shape index (κ2) is 6.51. The molecule has 0 N–H and O–H groups in total. The van der Waals surface area contributed by atoms with E-state index in [-0.39, 0.29) is 12.6 Å². The second-order valence-electron chi connectivity index (χ2n) is 5.25. The molecule has 0 aliphatic heterocycles. The Morgan fingerprint density at radius 3 is 3.00 bits per heavy atom. The van der Waals surface area contributed by atoms with Crippen molar-refractivity contribution in [1.29, 1.82) is 0 Å². The van der Waals surface area contributed by atoms with E-state index in [4.69, 9.17) is 4.74 Å². The number of nitrogens with zero attached hydrogens (tertiary/aromatic N) is 5. The van der Waals surface area contributed by atoms with Gasteiger partial charge in [-0.2, -0.15) is 10.1 Å². The van der Waals surface area contributed by atoms with Crippen molar-refractivity contribution in [3.63, 3.8) is 0 Å². The maximum Gasteiger partial charge on any atom is 0.306 e. The number of pyridine rings is 1. The molecule has 118 valence electrons. The largest absolute Gasteiger partial charge is 0.461 e. The van der Waals surface area contributed by atoms with Gasteiger partial charge in [0.05, 0.1) is 0 Å². The SMILES string of the molecule is Cc1nc2ncnn2c(C)c1CCC(=O)OCc1cccnc1. The van der Waals surface area contributed by atoms with E-state index in [0.29, 0.717) is 18.6 Å². The molecule has 0 amide bonds. The fourth-order valence-corrected chi connectivity index (χ4v) is 2.46. The molecule has 0 atom stereocenters. The second-order valence-corrected chi connectivity index (χ2v) is 5.25. The van der Waals surface area contributed by atoms with Crippen LogP contribution in [-0.4, -0.2) is 30.5 Å². The van der Waals surface area contributed by atoms with Crippen LogP contribution in [0.5, 0.6) is 0 Å². The first-order chi connectivity index (χ1) is 11.1. The summed E-state index contributed by atoms with van der Waals surface area (Å²) in [6.45, 7) is 4.11. The third-order valence-corrected chi connectivity index (χ3v) is 3.69. The smallest absolute Gasteiger partial charge is 0.306 e. The molecule has 0 fully saturated rings. The van der Waals surface area contributed by atoms with Gasteiger partial charge in [0.25, 0.3) is 5.78 Å².